The van der Waals surface area contributed by atoms with Crippen molar-refractivity contribution in [3.05, 3.63) is 34.3 Å². The largest absolute Gasteiger partial charge is 0.324 e. The summed E-state index contributed by atoms with van der Waals surface area (Å²) in [6.07, 6.45) is 2.61. The van der Waals surface area contributed by atoms with Crippen molar-refractivity contribution in [2.45, 2.75) is 18.9 Å². The molecule has 1 fully saturated rings. The van der Waals surface area contributed by atoms with E-state index in [-0.39, 0.29) is 6.04 Å². The maximum Gasteiger partial charge on any atom is 0.0323 e. The molecule has 0 aliphatic heterocycles. The second kappa shape index (κ2) is 3.19. The Morgan fingerprint density at radius 2 is 1.83 bits per heavy atom. The molecular formula is C10H12BrN. The molecule has 2 rings (SSSR count). The molecular weight excluding hydrogens is 214 g/mol. The lowest BCUT2D eigenvalue weighted by Gasteiger charge is -2.09. The maximum atomic E-state index is 6.04. The van der Waals surface area contributed by atoms with Crippen molar-refractivity contribution < 1.29 is 0 Å². The standard InChI is InChI=1S/C10H12BrN/c11-9-5-3-8(4-6-9)10(12)7-1-2-7/h3-7,10H,1-2,12H2/t10-/m1/s1. The lowest BCUT2D eigenvalue weighted by atomic mass is 10.0. The van der Waals surface area contributed by atoms with Crippen molar-refractivity contribution in [2.75, 3.05) is 0 Å². The van der Waals surface area contributed by atoms with Crippen LogP contribution in [0.25, 0.3) is 0 Å². The van der Waals surface area contributed by atoms with Crippen LogP contribution in [0, 0.1) is 5.92 Å². The molecule has 0 aromatic heterocycles. The fourth-order valence-electron chi connectivity index (χ4n) is 1.41. The number of halogens is 1. The van der Waals surface area contributed by atoms with Gasteiger partial charge in [0.2, 0.25) is 0 Å². The average molecular weight is 226 g/mol. The summed E-state index contributed by atoms with van der Waals surface area (Å²) in [7, 11) is 0. The van der Waals surface area contributed by atoms with Gasteiger partial charge in [-0.3, -0.25) is 0 Å². The Balaban J connectivity index is 2.16. The topological polar surface area (TPSA) is 26.0 Å². The summed E-state index contributed by atoms with van der Waals surface area (Å²) >= 11 is 3.41. The van der Waals surface area contributed by atoms with Gasteiger partial charge in [0.1, 0.15) is 0 Å². The molecule has 0 unspecified atom stereocenters. The minimum atomic E-state index is 0.262. The molecule has 0 amide bonds. The molecule has 2 heteroatoms. The van der Waals surface area contributed by atoms with Gasteiger partial charge in [0.05, 0.1) is 0 Å². The van der Waals surface area contributed by atoms with Crippen LogP contribution in [-0.2, 0) is 0 Å². The normalized spacial score (nSPS) is 19.2. The highest BCUT2D eigenvalue weighted by atomic mass is 79.9. The van der Waals surface area contributed by atoms with Gasteiger partial charge in [0.25, 0.3) is 0 Å². The molecule has 12 heavy (non-hydrogen) atoms. The van der Waals surface area contributed by atoms with Crippen molar-refractivity contribution in [2.24, 2.45) is 11.7 Å². The first-order valence-electron chi connectivity index (χ1n) is 4.28. The van der Waals surface area contributed by atoms with Crippen LogP contribution < -0.4 is 5.73 Å². The van der Waals surface area contributed by atoms with E-state index in [1.165, 1.54) is 18.4 Å². The first-order valence-corrected chi connectivity index (χ1v) is 5.08. The highest BCUT2D eigenvalue weighted by Crippen LogP contribution is 2.39. The van der Waals surface area contributed by atoms with Crippen molar-refractivity contribution in [1.82, 2.24) is 0 Å². The van der Waals surface area contributed by atoms with Gasteiger partial charge in [0.15, 0.2) is 0 Å². The van der Waals surface area contributed by atoms with Crippen molar-refractivity contribution in [3.63, 3.8) is 0 Å². The predicted octanol–water partition coefficient (Wildman–Crippen LogP) is 2.86. The molecule has 1 aliphatic carbocycles. The van der Waals surface area contributed by atoms with E-state index in [4.69, 9.17) is 5.73 Å². The van der Waals surface area contributed by atoms with Gasteiger partial charge in [-0.15, -0.1) is 0 Å². The lowest BCUT2D eigenvalue weighted by Crippen LogP contribution is -2.11. The Bertz CT molecular complexity index is 264. The van der Waals surface area contributed by atoms with Crippen molar-refractivity contribution in [3.8, 4) is 0 Å². The predicted molar refractivity (Wildman–Crippen MR) is 53.8 cm³/mol. The van der Waals surface area contributed by atoms with Crippen LogP contribution in [0.15, 0.2) is 28.7 Å². The van der Waals surface area contributed by atoms with Crippen LogP contribution in [0.4, 0.5) is 0 Å². The zero-order chi connectivity index (χ0) is 8.55. The molecule has 0 radical (unpaired) electrons. The lowest BCUT2D eigenvalue weighted by molar-refractivity contribution is 0.633. The Kier molecular flexibility index (Phi) is 2.20. The maximum absolute atomic E-state index is 6.04. The molecule has 0 saturated heterocycles. The third-order valence-electron chi connectivity index (χ3n) is 2.38. The van der Waals surface area contributed by atoms with Gasteiger partial charge in [-0.1, -0.05) is 28.1 Å². The number of benzene rings is 1. The summed E-state index contributed by atoms with van der Waals surface area (Å²) in [5, 5.41) is 0. The summed E-state index contributed by atoms with van der Waals surface area (Å²) in [6.45, 7) is 0. The van der Waals surface area contributed by atoms with Crippen LogP contribution >= 0.6 is 15.9 Å². The monoisotopic (exact) mass is 225 g/mol. The minimum absolute atomic E-state index is 0.262. The molecule has 0 heterocycles. The van der Waals surface area contributed by atoms with Crippen LogP contribution in [-0.4, -0.2) is 0 Å². The molecule has 1 aliphatic rings. The summed E-state index contributed by atoms with van der Waals surface area (Å²) in [5.74, 6) is 0.742. The van der Waals surface area contributed by atoms with E-state index in [9.17, 15) is 0 Å². The first kappa shape index (κ1) is 8.27. The van der Waals surface area contributed by atoms with Gasteiger partial charge in [-0.05, 0) is 36.5 Å². The average Bonchev–Trinajstić information content (AvgIpc) is 2.87. The molecule has 1 saturated carbocycles. The second-order valence-electron chi connectivity index (χ2n) is 3.41. The fourth-order valence-corrected chi connectivity index (χ4v) is 1.68. The van der Waals surface area contributed by atoms with E-state index in [0.717, 1.165) is 10.4 Å². The Morgan fingerprint density at radius 1 is 1.25 bits per heavy atom. The van der Waals surface area contributed by atoms with Gasteiger partial charge < -0.3 is 5.73 Å². The van der Waals surface area contributed by atoms with Crippen molar-refractivity contribution in [1.29, 1.82) is 0 Å². The smallest absolute Gasteiger partial charge is 0.0323 e. The molecule has 1 aromatic carbocycles. The van der Waals surface area contributed by atoms with Gasteiger partial charge in [-0.2, -0.15) is 0 Å². The number of nitrogens with two attached hydrogens (primary N) is 1. The Labute approximate surface area is 81.1 Å². The zero-order valence-electron chi connectivity index (χ0n) is 6.83. The summed E-state index contributed by atoms with van der Waals surface area (Å²) in [6, 6.07) is 8.58. The quantitative estimate of drug-likeness (QED) is 0.824. The number of rotatable bonds is 2. The van der Waals surface area contributed by atoms with Crippen LogP contribution in [0.1, 0.15) is 24.4 Å². The molecule has 1 atom stereocenters. The third-order valence-corrected chi connectivity index (χ3v) is 2.91. The van der Waals surface area contributed by atoms with Gasteiger partial charge in [0, 0.05) is 10.5 Å². The van der Waals surface area contributed by atoms with Crippen LogP contribution in [0.5, 0.6) is 0 Å². The third kappa shape index (κ3) is 1.70. The molecule has 1 nitrogen and oxygen atoms in total. The van der Waals surface area contributed by atoms with E-state index < -0.39 is 0 Å². The second-order valence-corrected chi connectivity index (χ2v) is 4.33. The van der Waals surface area contributed by atoms with Crippen LogP contribution in [0.3, 0.4) is 0 Å². The summed E-state index contributed by atoms with van der Waals surface area (Å²) < 4.78 is 1.12. The van der Waals surface area contributed by atoms with E-state index in [0.29, 0.717) is 0 Å². The minimum Gasteiger partial charge on any atom is -0.324 e. The SMILES string of the molecule is N[C@@H](c1ccc(Br)cc1)C1CC1. The highest BCUT2D eigenvalue weighted by molar-refractivity contribution is 9.10. The molecule has 1 aromatic rings. The molecule has 0 spiro atoms. The van der Waals surface area contributed by atoms with E-state index in [1.807, 2.05) is 0 Å². The van der Waals surface area contributed by atoms with Gasteiger partial charge >= 0.3 is 0 Å². The summed E-state index contributed by atoms with van der Waals surface area (Å²) in [5.41, 5.74) is 7.30. The number of hydrogen-bond donors (Lipinski definition) is 1. The van der Waals surface area contributed by atoms with Crippen LogP contribution in [0.2, 0.25) is 0 Å². The first-order chi connectivity index (χ1) is 5.77. The summed E-state index contributed by atoms with van der Waals surface area (Å²) in [4.78, 5) is 0. The number of hydrogen-bond acceptors (Lipinski definition) is 1. The van der Waals surface area contributed by atoms with Crippen molar-refractivity contribution >= 4 is 15.9 Å². The van der Waals surface area contributed by atoms with E-state index in [1.54, 1.807) is 0 Å². The molecule has 64 valence electrons. The van der Waals surface area contributed by atoms with Gasteiger partial charge in [-0.25, -0.2) is 0 Å². The fraction of sp³-hybridized carbons (Fsp3) is 0.400. The zero-order valence-corrected chi connectivity index (χ0v) is 8.42. The Morgan fingerprint density at radius 3 is 2.33 bits per heavy atom. The van der Waals surface area contributed by atoms with E-state index in [2.05, 4.69) is 40.2 Å². The molecule has 0 bridgehead atoms. The highest BCUT2D eigenvalue weighted by Gasteiger charge is 2.29. The van der Waals surface area contributed by atoms with E-state index >= 15 is 0 Å². The Hall–Kier alpha value is -0.340. The molecule has 2 N–H and O–H groups in total.